The van der Waals surface area contributed by atoms with Crippen LogP contribution in [0.4, 0.5) is 4.39 Å². The van der Waals surface area contributed by atoms with Gasteiger partial charge in [-0.2, -0.15) is 0 Å². The Bertz CT molecular complexity index is 1310. The third kappa shape index (κ3) is 4.07. The van der Waals surface area contributed by atoms with Crippen LogP contribution in [0.2, 0.25) is 0 Å². The van der Waals surface area contributed by atoms with Crippen molar-refractivity contribution < 1.29 is 13.9 Å². The first-order valence-electron chi connectivity index (χ1n) is 10.8. The standard InChI is InChI=1S/C27H22FN3O2/c1-33-20-13-11-19(12-14-20)26-29-24-15-16-31(27(32)21-9-5-6-10-23(21)28)17-22(24)25(30-26)18-7-3-2-4-8-18/h2-14H,15-17H2,1H3. The van der Waals surface area contributed by atoms with Gasteiger partial charge < -0.3 is 9.64 Å². The topological polar surface area (TPSA) is 55.3 Å². The number of ether oxygens (including phenoxy) is 1. The van der Waals surface area contributed by atoms with Gasteiger partial charge in [0.2, 0.25) is 0 Å². The Morgan fingerprint density at radius 1 is 0.909 bits per heavy atom. The summed E-state index contributed by atoms with van der Waals surface area (Å²) in [5.41, 5.74) is 4.52. The van der Waals surface area contributed by atoms with Crippen LogP contribution < -0.4 is 4.74 Å². The minimum absolute atomic E-state index is 0.0815. The van der Waals surface area contributed by atoms with E-state index in [9.17, 15) is 9.18 Å². The lowest BCUT2D eigenvalue weighted by atomic mass is 9.98. The summed E-state index contributed by atoms with van der Waals surface area (Å²) in [6, 6.07) is 23.6. The molecule has 6 heteroatoms. The number of hydrogen-bond donors (Lipinski definition) is 0. The Hall–Kier alpha value is -4.06. The molecular formula is C27H22FN3O2. The largest absolute Gasteiger partial charge is 0.497 e. The summed E-state index contributed by atoms with van der Waals surface area (Å²) >= 11 is 0. The summed E-state index contributed by atoms with van der Waals surface area (Å²) < 4.78 is 19.5. The van der Waals surface area contributed by atoms with Gasteiger partial charge in [0.15, 0.2) is 5.82 Å². The molecule has 5 rings (SSSR count). The number of benzene rings is 3. The normalized spacial score (nSPS) is 12.8. The van der Waals surface area contributed by atoms with E-state index in [1.165, 1.54) is 12.1 Å². The van der Waals surface area contributed by atoms with Crippen LogP contribution in [0, 0.1) is 5.82 Å². The van der Waals surface area contributed by atoms with Gasteiger partial charge >= 0.3 is 0 Å². The summed E-state index contributed by atoms with van der Waals surface area (Å²) in [5.74, 6) is 0.561. The van der Waals surface area contributed by atoms with Crippen molar-refractivity contribution >= 4 is 5.91 Å². The van der Waals surface area contributed by atoms with E-state index < -0.39 is 5.82 Å². The van der Waals surface area contributed by atoms with Gasteiger partial charge in [-0.1, -0.05) is 42.5 Å². The van der Waals surface area contributed by atoms with Gasteiger partial charge in [-0.15, -0.1) is 0 Å². The van der Waals surface area contributed by atoms with Crippen molar-refractivity contribution in [1.82, 2.24) is 14.9 Å². The second kappa shape index (κ2) is 8.82. The van der Waals surface area contributed by atoms with Crippen LogP contribution in [0.25, 0.3) is 22.6 Å². The average Bonchev–Trinajstić information content (AvgIpc) is 2.88. The Kier molecular flexibility index (Phi) is 5.57. The molecule has 2 heterocycles. The smallest absolute Gasteiger partial charge is 0.257 e. The molecule has 0 spiro atoms. The number of amides is 1. The molecule has 0 bridgehead atoms. The summed E-state index contributed by atoms with van der Waals surface area (Å²) in [5, 5.41) is 0. The molecule has 33 heavy (non-hydrogen) atoms. The lowest BCUT2D eigenvalue weighted by Crippen LogP contribution is -2.37. The second-order valence-electron chi connectivity index (χ2n) is 7.87. The molecule has 0 saturated heterocycles. The highest BCUT2D eigenvalue weighted by atomic mass is 19.1. The van der Waals surface area contributed by atoms with E-state index in [2.05, 4.69) is 0 Å². The molecule has 0 aliphatic carbocycles. The van der Waals surface area contributed by atoms with Gasteiger partial charge in [0.05, 0.1) is 24.1 Å². The highest BCUT2D eigenvalue weighted by Gasteiger charge is 2.28. The first-order chi connectivity index (χ1) is 16.1. The van der Waals surface area contributed by atoms with E-state index >= 15 is 0 Å². The third-order valence-corrected chi connectivity index (χ3v) is 5.85. The van der Waals surface area contributed by atoms with Crippen molar-refractivity contribution in [3.8, 4) is 28.4 Å². The Labute approximate surface area is 191 Å². The number of rotatable bonds is 4. The number of aromatic nitrogens is 2. The van der Waals surface area contributed by atoms with Crippen LogP contribution in [0.5, 0.6) is 5.75 Å². The fourth-order valence-corrected chi connectivity index (χ4v) is 4.10. The molecule has 3 aromatic carbocycles. The maximum absolute atomic E-state index is 14.2. The first-order valence-corrected chi connectivity index (χ1v) is 10.8. The average molecular weight is 439 g/mol. The molecule has 1 amide bonds. The van der Waals surface area contributed by atoms with E-state index in [1.807, 2.05) is 54.6 Å². The lowest BCUT2D eigenvalue weighted by molar-refractivity contribution is 0.0729. The molecule has 0 N–H and O–H groups in total. The van der Waals surface area contributed by atoms with Crippen molar-refractivity contribution in [1.29, 1.82) is 0 Å². The molecule has 0 unspecified atom stereocenters. The number of nitrogens with zero attached hydrogens (tertiary/aromatic N) is 3. The fourth-order valence-electron chi connectivity index (χ4n) is 4.10. The van der Waals surface area contributed by atoms with Crippen LogP contribution in [-0.2, 0) is 13.0 Å². The summed E-state index contributed by atoms with van der Waals surface area (Å²) in [6.45, 7) is 0.795. The molecular weight excluding hydrogens is 417 g/mol. The number of methoxy groups -OCH3 is 1. The maximum atomic E-state index is 14.2. The van der Waals surface area contributed by atoms with Crippen molar-refractivity contribution in [2.75, 3.05) is 13.7 Å². The Morgan fingerprint density at radius 2 is 1.64 bits per heavy atom. The molecule has 5 nitrogen and oxygen atoms in total. The number of carbonyl (C=O) groups excluding carboxylic acids is 1. The van der Waals surface area contributed by atoms with Crippen molar-refractivity contribution in [3.05, 3.63) is 102 Å². The Balaban J connectivity index is 1.57. The number of hydrogen-bond acceptors (Lipinski definition) is 4. The molecule has 1 aliphatic heterocycles. The van der Waals surface area contributed by atoms with E-state index in [-0.39, 0.29) is 11.5 Å². The zero-order chi connectivity index (χ0) is 22.8. The van der Waals surface area contributed by atoms with Crippen molar-refractivity contribution in [2.24, 2.45) is 0 Å². The van der Waals surface area contributed by atoms with Gasteiger partial charge in [-0.05, 0) is 36.4 Å². The zero-order valence-electron chi connectivity index (χ0n) is 18.2. The van der Waals surface area contributed by atoms with Crippen molar-refractivity contribution in [3.63, 3.8) is 0 Å². The quantitative estimate of drug-likeness (QED) is 0.441. The molecule has 0 atom stereocenters. The van der Waals surface area contributed by atoms with Gasteiger partial charge in [0, 0.05) is 36.2 Å². The van der Waals surface area contributed by atoms with Crippen molar-refractivity contribution in [2.45, 2.75) is 13.0 Å². The molecule has 0 saturated carbocycles. The van der Waals surface area contributed by atoms with E-state index in [0.717, 1.165) is 33.8 Å². The van der Waals surface area contributed by atoms with Gasteiger partial charge in [0.1, 0.15) is 11.6 Å². The predicted octanol–water partition coefficient (Wildman–Crippen LogP) is 5.16. The minimum atomic E-state index is -0.511. The highest BCUT2D eigenvalue weighted by Crippen LogP contribution is 2.32. The molecule has 4 aromatic rings. The van der Waals surface area contributed by atoms with E-state index in [0.29, 0.717) is 25.3 Å². The highest BCUT2D eigenvalue weighted by molar-refractivity contribution is 5.94. The zero-order valence-corrected chi connectivity index (χ0v) is 18.2. The van der Waals surface area contributed by atoms with E-state index in [4.69, 9.17) is 14.7 Å². The number of carbonyl (C=O) groups is 1. The fraction of sp³-hybridized carbons (Fsp3) is 0.148. The van der Waals surface area contributed by atoms with Crippen LogP contribution >= 0.6 is 0 Å². The lowest BCUT2D eigenvalue weighted by Gasteiger charge is -2.30. The monoisotopic (exact) mass is 439 g/mol. The summed E-state index contributed by atoms with van der Waals surface area (Å²) in [7, 11) is 1.63. The van der Waals surface area contributed by atoms with Gasteiger partial charge in [0.25, 0.3) is 5.91 Å². The molecule has 1 aromatic heterocycles. The molecule has 0 fully saturated rings. The van der Waals surface area contributed by atoms with Gasteiger partial charge in [-0.25, -0.2) is 14.4 Å². The van der Waals surface area contributed by atoms with Crippen LogP contribution in [0.3, 0.4) is 0 Å². The Morgan fingerprint density at radius 3 is 2.36 bits per heavy atom. The van der Waals surface area contributed by atoms with Gasteiger partial charge in [-0.3, -0.25) is 4.79 Å². The molecule has 1 aliphatic rings. The van der Waals surface area contributed by atoms with E-state index in [1.54, 1.807) is 24.1 Å². The maximum Gasteiger partial charge on any atom is 0.257 e. The number of fused-ring (bicyclic) bond motifs is 1. The first kappa shape index (κ1) is 20.8. The summed E-state index contributed by atoms with van der Waals surface area (Å²) in [6.07, 6.45) is 0.570. The number of halogens is 1. The van der Waals surface area contributed by atoms with Crippen LogP contribution in [0.1, 0.15) is 21.6 Å². The predicted molar refractivity (Wildman–Crippen MR) is 124 cm³/mol. The van der Waals surface area contributed by atoms with Crippen LogP contribution in [-0.4, -0.2) is 34.4 Å². The molecule has 0 radical (unpaired) electrons. The SMILES string of the molecule is COc1ccc(-c2nc3c(c(-c4ccccc4)n2)CN(C(=O)c2ccccc2F)CC3)cc1. The minimum Gasteiger partial charge on any atom is -0.497 e. The van der Waals surface area contributed by atoms with Crippen LogP contribution in [0.15, 0.2) is 78.9 Å². The third-order valence-electron chi connectivity index (χ3n) is 5.85. The molecule has 164 valence electrons. The summed E-state index contributed by atoms with van der Waals surface area (Å²) in [4.78, 5) is 24.5. The second-order valence-corrected chi connectivity index (χ2v) is 7.87.